The maximum atomic E-state index is 5.95. The molecule has 3 heteroatoms. The number of halogens is 1. The second-order valence-corrected chi connectivity index (χ2v) is 8.06. The van der Waals surface area contributed by atoms with Crippen LogP contribution in [0.2, 0.25) is 13.1 Å². The van der Waals surface area contributed by atoms with E-state index in [2.05, 4.69) is 74.7 Å². The highest BCUT2D eigenvalue weighted by molar-refractivity contribution is 14.1. The molecule has 15 heavy (non-hydrogen) atoms. The average molecular weight is 333 g/mol. The largest absolute Gasteiger partial charge is 0.542 e. The first-order valence-corrected chi connectivity index (χ1v) is 8.58. The first-order valence-electron chi connectivity index (χ1n) is 5.09. The molecule has 1 aromatic rings. The molecule has 0 heterocycles. The highest BCUT2D eigenvalue weighted by atomic mass is 127. The van der Waals surface area contributed by atoms with Gasteiger partial charge in [-0.15, -0.1) is 0 Å². The van der Waals surface area contributed by atoms with Gasteiger partial charge in [-0.05, 0) is 53.2 Å². The predicted octanol–water partition coefficient (Wildman–Crippen LogP) is 4.22. The van der Waals surface area contributed by atoms with Crippen LogP contribution in [0.1, 0.15) is 26.3 Å². The van der Waals surface area contributed by atoms with Gasteiger partial charge >= 0.3 is 0 Å². The maximum absolute atomic E-state index is 5.95. The fourth-order valence-electron chi connectivity index (χ4n) is 1.54. The minimum atomic E-state index is -0.688. The Morgan fingerprint density at radius 2 is 1.80 bits per heavy atom. The van der Waals surface area contributed by atoms with Gasteiger partial charge in [-0.1, -0.05) is 26.8 Å². The van der Waals surface area contributed by atoms with E-state index in [0.717, 1.165) is 5.75 Å². The van der Waals surface area contributed by atoms with E-state index >= 15 is 0 Å². The molecule has 0 bridgehead atoms. The fourth-order valence-corrected chi connectivity index (χ4v) is 3.43. The number of benzene rings is 1. The molecule has 0 aromatic heterocycles. The molecule has 0 aliphatic rings. The second kappa shape index (κ2) is 4.87. The van der Waals surface area contributed by atoms with Gasteiger partial charge in [0.25, 0.3) is 9.04 Å². The monoisotopic (exact) mass is 333 g/mol. The van der Waals surface area contributed by atoms with E-state index in [1.807, 2.05) is 0 Å². The topological polar surface area (TPSA) is 9.23 Å². The Labute approximate surface area is 108 Å². The molecule has 1 radical (unpaired) electrons. The van der Waals surface area contributed by atoms with Gasteiger partial charge in [0, 0.05) is 9.13 Å². The van der Waals surface area contributed by atoms with Crippen LogP contribution in [0.4, 0.5) is 0 Å². The van der Waals surface area contributed by atoms with Crippen molar-refractivity contribution in [2.24, 2.45) is 0 Å². The van der Waals surface area contributed by atoms with E-state index in [1.54, 1.807) is 0 Å². The van der Waals surface area contributed by atoms with Crippen molar-refractivity contribution >= 4 is 31.6 Å². The van der Waals surface area contributed by atoms with Gasteiger partial charge in [0.2, 0.25) is 0 Å². The number of hydrogen-bond acceptors (Lipinski definition) is 1. The molecule has 0 fully saturated rings. The Kier molecular flexibility index (Phi) is 4.23. The molecular weight excluding hydrogens is 315 g/mol. The summed E-state index contributed by atoms with van der Waals surface area (Å²) in [5, 5.41) is 0. The third-order valence-corrected chi connectivity index (χ3v) is 3.57. The van der Waals surface area contributed by atoms with Crippen LogP contribution in [0, 0.1) is 3.57 Å². The van der Waals surface area contributed by atoms with E-state index < -0.39 is 9.04 Å². The van der Waals surface area contributed by atoms with Gasteiger partial charge in [0.15, 0.2) is 0 Å². The zero-order valence-corrected chi connectivity index (χ0v) is 13.2. The Morgan fingerprint density at radius 1 is 1.20 bits per heavy atom. The Balaban J connectivity index is 3.21. The Hall–Kier alpha value is -0.0331. The summed E-state index contributed by atoms with van der Waals surface area (Å²) in [7, 11) is -0.688. The van der Waals surface area contributed by atoms with Gasteiger partial charge in [-0.3, -0.25) is 0 Å². The lowest BCUT2D eigenvalue weighted by Gasteiger charge is -2.25. The number of hydrogen-bond donors (Lipinski definition) is 0. The second-order valence-electron chi connectivity index (χ2n) is 4.87. The lowest BCUT2D eigenvalue weighted by Crippen LogP contribution is -2.19. The van der Waals surface area contributed by atoms with Crippen molar-refractivity contribution in [2.75, 3.05) is 0 Å². The van der Waals surface area contributed by atoms with Crippen LogP contribution >= 0.6 is 22.6 Å². The SMILES string of the molecule is C[Si](C)Oc1cccc(I)c1C(C)(C)C. The lowest BCUT2D eigenvalue weighted by atomic mass is 9.86. The minimum absolute atomic E-state index is 0.143. The van der Waals surface area contributed by atoms with E-state index in [-0.39, 0.29) is 5.41 Å². The summed E-state index contributed by atoms with van der Waals surface area (Å²) < 4.78 is 7.24. The quantitative estimate of drug-likeness (QED) is 0.582. The van der Waals surface area contributed by atoms with E-state index in [1.165, 1.54) is 9.13 Å². The smallest absolute Gasteiger partial charge is 0.274 e. The normalized spacial score (nSPS) is 11.9. The fraction of sp³-hybridized carbons (Fsp3) is 0.500. The lowest BCUT2D eigenvalue weighted by molar-refractivity contribution is 0.518. The van der Waals surface area contributed by atoms with Crippen LogP contribution in [0.5, 0.6) is 5.75 Å². The minimum Gasteiger partial charge on any atom is -0.542 e. The molecular formula is C12H18IOSi. The molecule has 0 saturated heterocycles. The van der Waals surface area contributed by atoms with Crippen LogP contribution in [-0.4, -0.2) is 9.04 Å². The summed E-state index contributed by atoms with van der Waals surface area (Å²) in [6, 6.07) is 6.29. The molecule has 83 valence electrons. The van der Waals surface area contributed by atoms with Crippen molar-refractivity contribution < 1.29 is 4.43 Å². The van der Waals surface area contributed by atoms with Crippen molar-refractivity contribution in [1.82, 2.24) is 0 Å². The van der Waals surface area contributed by atoms with Crippen LogP contribution in [-0.2, 0) is 5.41 Å². The molecule has 0 saturated carbocycles. The molecule has 0 unspecified atom stereocenters. The molecule has 1 rings (SSSR count). The summed E-state index contributed by atoms with van der Waals surface area (Å²) in [6.07, 6.45) is 0. The zero-order valence-electron chi connectivity index (χ0n) is 10.0. The first-order chi connectivity index (χ1) is 6.82. The van der Waals surface area contributed by atoms with Gasteiger partial charge in [-0.25, -0.2) is 0 Å². The van der Waals surface area contributed by atoms with Crippen LogP contribution < -0.4 is 4.43 Å². The summed E-state index contributed by atoms with van der Waals surface area (Å²) in [4.78, 5) is 0. The third kappa shape index (κ3) is 3.48. The van der Waals surface area contributed by atoms with Crippen LogP contribution in [0.15, 0.2) is 18.2 Å². The highest BCUT2D eigenvalue weighted by Gasteiger charge is 2.22. The Morgan fingerprint density at radius 3 is 2.27 bits per heavy atom. The summed E-state index contributed by atoms with van der Waals surface area (Å²) in [5.74, 6) is 1.06. The molecule has 0 aliphatic heterocycles. The van der Waals surface area contributed by atoms with Gasteiger partial charge in [-0.2, -0.15) is 0 Å². The molecule has 0 aliphatic carbocycles. The average Bonchev–Trinajstić information content (AvgIpc) is 1.99. The van der Waals surface area contributed by atoms with Crippen LogP contribution in [0.25, 0.3) is 0 Å². The maximum Gasteiger partial charge on any atom is 0.274 e. The van der Waals surface area contributed by atoms with Crippen LogP contribution in [0.3, 0.4) is 0 Å². The summed E-state index contributed by atoms with van der Waals surface area (Å²) in [5.41, 5.74) is 1.47. The first kappa shape index (κ1) is 13.0. The predicted molar refractivity (Wildman–Crippen MR) is 76.0 cm³/mol. The van der Waals surface area contributed by atoms with Crippen molar-refractivity contribution in [3.05, 3.63) is 27.3 Å². The van der Waals surface area contributed by atoms with Gasteiger partial charge < -0.3 is 4.43 Å². The van der Waals surface area contributed by atoms with Crippen molar-refractivity contribution in [3.8, 4) is 5.75 Å². The van der Waals surface area contributed by atoms with Crippen molar-refractivity contribution in [2.45, 2.75) is 39.3 Å². The molecule has 1 aromatic carbocycles. The van der Waals surface area contributed by atoms with E-state index in [0.29, 0.717) is 0 Å². The summed E-state index contributed by atoms with van der Waals surface area (Å²) >= 11 is 2.39. The van der Waals surface area contributed by atoms with Crippen molar-refractivity contribution in [3.63, 3.8) is 0 Å². The molecule has 0 N–H and O–H groups in total. The third-order valence-electron chi connectivity index (χ3n) is 2.04. The van der Waals surface area contributed by atoms with Gasteiger partial charge in [0.1, 0.15) is 5.75 Å². The van der Waals surface area contributed by atoms with Crippen molar-refractivity contribution in [1.29, 1.82) is 0 Å². The standard InChI is InChI=1S/C12H18IOSi/c1-12(2,3)11-9(13)7-6-8-10(11)14-15(4)5/h6-8H,1-5H3. The highest BCUT2D eigenvalue weighted by Crippen LogP contribution is 2.35. The summed E-state index contributed by atoms with van der Waals surface area (Å²) in [6.45, 7) is 11.0. The van der Waals surface area contributed by atoms with E-state index in [4.69, 9.17) is 4.43 Å². The van der Waals surface area contributed by atoms with Gasteiger partial charge in [0.05, 0.1) is 0 Å². The Bertz CT molecular complexity index is 342. The molecule has 0 spiro atoms. The molecule has 0 amide bonds. The number of rotatable bonds is 2. The molecule has 0 atom stereocenters. The van der Waals surface area contributed by atoms with E-state index in [9.17, 15) is 0 Å². The molecule has 1 nitrogen and oxygen atoms in total. The zero-order chi connectivity index (χ0) is 11.6.